The predicted molar refractivity (Wildman–Crippen MR) is 173 cm³/mol. The number of aliphatic carboxylic acids is 1. The highest BCUT2D eigenvalue weighted by molar-refractivity contribution is 5.74. The van der Waals surface area contributed by atoms with Crippen LogP contribution in [-0.2, 0) is 37.4 Å². The lowest BCUT2D eigenvalue weighted by molar-refractivity contribution is -0.142. The molecule has 1 spiro atoms. The van der Waals surface area contributed by atoms with Crippen LogP contribution in [0.3, 0.4) is 0 Å². The number of carboxylic acid groups (broad SMARTS) is 1. The van der Waals surface area contributed by atoms with Gasteiger partial charge < -0.3 is 14.6 Å². The molecule has 6 heteroatoms. The van der Waals surface area contributed by atoms with E-state index >= 15 is 0 Å². The summed E-state index contributed by atoms with van der Waals surface area (Å²) in [6, 6.07) is 28.0. The minimum absolute atomic E-state index is 0.167. The molecule has 3 aliphatic rings. The Labute approximate surface area is 264 Å². The highest BCUT2D eigenvalue weighted by atomic mass is 16.5. The van der Waals surface area contributed by atoms with Gasteiger partial charge in [0, 0.05) is 24.7 Å². The number of rotatable bonds is 10. The Hall–Kier alpha value is -4.60. The van der Waals surface area contributed by atoms with Gasteiger partial charge in [-0.3, -0.25) is 9.69 Å². The first-order valence-corrected chi connectivity index (χ1v) is 16.0. The number of nitriles is 1. The van der Waals surface area contributed by atoms with Gasteiger partial charge in [0.25, 0.3) is 0 Å². The van der Waals surface area contributed by atoms with E-state index in [-0.39, 0.29) is 5.41 Å². The summed E-state index contributed by atoms with van der Waals surface area (Å²) in [6.45, 7) is 4.27. The van der Waals surface area contributed by atoms with Crippen molar-refractivity contribution in [1.82, 2.24) is 4.90 Å². The molecular formula is C39H38N2O4. The topological polar surface area (TPSA) is 82.8 Å². The molecule has 1 N–H and O–H groups in total. The SMILES string of the molecule is Cc1c(COc2cc(OCc3cccc(C#N)c3)c(CN3CC4(CC4)CC3C(=O)O)c3c2CCC3)cccc1-c1ccccc1. The Morgan fingerprint density at radius 1 is 0.956 bits per heavy atom. The summed E-state index contributed by atoms with van der Waals surface area (Å²) in [4.78, 5) is 14.5. The standard InChI is InChI=1S/C39H38N2O4/c1-26-30(12-6-13-31(26)29-10-3-2-4-11-29)24-45-36-19-37(44-23-28-9-5-8-27(18-28)21-40)34(32-14-7-15-33(32)36)22-41-25-39(16-17-39)20-35(41)38(42)43/h2-6,8-13,18-19,35H,7,14-17,20,22-25H2,1H3,(H,42,43). The van der Waals surface area contributed by atoms with E-state index in [2.05, 4.69) is 60.4 Å². The lowest BCUT2D eigenvalue weighted by Gasteiger charge is -2.26. The Balaban J connectivity index is 1.21. The molecule has 0 bridgehead atoms. The average Bonchev–Trinajstić information content (AvgIpc) is 3.45. The zero-order valence-corrected chi connectivity index (χ0v) is 25.7. The van der Waals surface area contributed by atoms with Gasteiger partial charge in [-0.15, -0.1) is 0 Å². The van der Waals surface area contributed by atoms with Crippen LogP contribution in [0.25, 0.3) is 11.1 Å². The largest absolute Gasteiger partial charge is 0.488 e. The van der Waals surface area contributed by atoms with E-state index < -0.39 is 12.0 Å². The predicted octanol–water partition coefficient (Wildman–Crippen LogP) is 7.62. The fraction of sp³-hybridized carbons (Fsp3) is 0.333. The minimum atomic E-state index is -0.737. The first kappa shape index (κ1) is 29.1. The molecule has 2 aliphatic carbocycles. The molecule has 2 fully saturated rings. The van der Waals surface area contributed by atoms with Gasteiger partial charge in [0.05, 0.1) is 11.6 Å². The van der Waals surface area contributed by atoms with E-state index in [1.54, 1.807) is 6.07 Å². The highest BCUT2D eigenvalue weighted by Crippen LogP contribution is 2.55. The van der Waals surface area contributed by atoms with Crippen molar-refractivity contribution in [2.45, 2.75) is 71.2 Å². The summed E-state index contributed by atoms with van der Waals surface area (Å²) in [5, 5.41) is 19.5. The van der Waals surface area contributed by atoms with E-state index in [0.29, 0.717) is 25.3 Å². The van der Waals surface area contributed by atoms with Crippen LogP contribution in [-0.4, -0.2) is 28.6 Å². The Kier molecular flexibility index (Phi) is 7.81. The lowest BCUT2D eigenvalue weighted by atomic mass is 9.97. The number of carbonyl (C=O) groups is 1. The van der Waals surface area contributed by atoms with Crippen molar-refractivity contribution in [3.05, 3.63) is 118 Å². The fourth-order valence-corrected chi connectivity index (χ4v) is 7.34. The Morgan fingerprint density at radius 3 is 2.51 bits per heavy atom. The van der Waals surface area contributed by atoms with Crippen LogP contribution < -0.4 is 9.47 Å². The van der Waals surface area contributed by atoms with Gasteiger partial charge in [-0.25, -0.2) is 0 Å². The minimum Gasteiger partial charge on any atom is -0.488 e. The third-order valence-electron chi connectivity index (χ3n) is 10.0. The maximum Gasteiger partial charge on any atom is 0.320 e. The Morgan fingerprint density at radius 2 is 1.73 bits per heavy atom. The molecule has 0 aromatic heterocycles. The number of hydrogen-bond donors (Lipinski definition) is 1. The molecule has 0 amide bonds. The second-order valence-electron chi connectivity index (χ2n) is 13.0. The van der Waals surface area contributed by atoms with Gasteiger partial charge in [0.2, 0.25) is 0 Å². The second-order valence-corrected chi connectivity index (χ2v) is 13.0. The fourth-order valence-electron chi connectivity index (χ4n) is 7.34. The number of likely N-dealkylation sites (tertiary alicyclic amines) is 1. The maximum absolute atomic E-state index is 12.3. The van der Waals surface area contributed by atoms with Crippen LogP contribution in [0.5, 0.6) is 11.5 Å². The molecule has 7 rings (SSSR count). The van der Waals surface area contributed by atoms with Gasteiger partial charge >= 0.3 is 5.97 Å². The van der Waals surface area contributed by atoms with E-state index in [0.717, 1.165) is 73.3 Å². The molecule has 6 nitrogen and oxygen atoms in total. The summed E-state index contributed by atoms with van der Waals surface area (Å²) >= 11 is 0. The molecule has 4 aromatic rings. The first-order chi connectivity index (χ1) is 21.9. The molecule has 0 radical (unpaired) electrons. The van der Waals surface area contributed by atoms with Gasteiger partial charge in [0.1, 0.15) is 30.8 Å². The number of carboxylic acids is 1. The van der Waals surface area contributed by atoms with Crippen molar-refractivity contribution in [1.29, 1.82) is 5.26 Å². The van der Waals surface area contributed by atoms with Gasteiger partial charge in [-0.1, -0.05) is 60.7 Å². The molecule has 4 aromatic carbocycles. The van der Waals surface area contributed by atoms with Crippen molar-refractivity contribution in [3.63, 3.8) is 0 Å². The number of hydrogen-bond acceptors (Lipinski definition) is 5. The van der Waals surface area contributed by atoms with Crippen molar-refractivity contribution >= 4 is 5.97 Å². The number of nitrogens with zero attached hydrogens (tertiary/aromatic N) is 2. The molecule has 1 aliphatic heterocycles. The van der Waals surface area contributed by atoms with E-state index in [1.165, 1.54) is 27.8 Å². The van der Waals surface area contributed by atoms with Crippen LogP contribution in [0.15, 0.2) is 78.9 Å². The maximum atomic E-state index is 12.3. The van der Waals surface area contributed by atoms with Crippen LogP contribution in [0.2, 0.25) is 0 Å². The van der Waals surface area contributed by atoms with E-state index in [4.69, 9.17) is 9.47 Å². The summed E-state index contributed by atoms with van der Waals surface area (Å²) < 4.78 is 13.2. The highest BCUT2D eigenvalue weighted by Gasteiger charge is 2.54. The van der Waals surface area contributed by atoms with Crippen LogP contribution >= 0.6 is 0 Å². The number of benzene rings is 4. The summed E-state index contributed by atoms with van der Waals surface area (Å²) in [6.07, 6.45) is 5.83. The molecule has 1 saturated heterocycles. The van der Waals surface area contributed by atoms with E-state index in [9.17, 15) is 15.2 Å². The van der Waals surface area contributed by atoms with Gasteiger partial charge in [-0.2, -0.15) is 5.26 Å². The molecule has 228 valence electrons. The Bertz CT molecular complexity index is 1790. The van der Waals surface area contributed by atoms with Crippen molar-refractivity contribution in [2.75, 3.05) is 6.54 Å². The van der Waals surface area contributed by atoms with Crippen molar-refractivity contribution in [2.24, 2.45) is 5.41 Å². The molecule has 1 saturated carbocycles. The van der Waals surface area contributed by atoms with Crippen LogP contribution in [0.1, 0.15) is 64.6 Å². The quantitative estimate of drug-likeness (QED) is 0.202. The lowest BCUT2D eigenvalue weighted by Crippen LogP contribution is -2.35. The summed E-state index contributed by atoms with van der Waals surface area (Å²) in [5.74, 6) is 0.842. The third-order valence-corrected chi connectivity index (χ3v) is 10.0. The number of ether oxygens (including phenoxy) is 2. The molecule has 45 heavy (non-hydrogen) atoms. The average molecular weight is 599 g/mol. The molecule has 1 atom stereocenters. The first-order valence-electron chi connectivity index (χ1n) is 16.0. The molecular weight excluding hydrogens is 560 g/mol. The van der Waals surface area contributed by atoms with Crippen LogP contribution in [0.4, 0.5) is 0 Å². The van der Waals surface area contributed by atoms with E-state index in [1.807, 2.05) is 30.3 Å². The number of fused-ring (bicyclic) bond motifs is 1. The summed E-state index contributed by atoms with van der Waals surface area (Å²) in [5.41, 5.74) is 9.94. The van der Waals surface area contributed by atoms with Crippen molar-refractivity contribution < 1.29 is 19.4 Å². The molecule has 1 unspecified atom stereocenters. The smallest absolute Gasteiger partial charge is 0.320 e. The second kappa shape index (κ2) is 12.1. The monoisotopic (exact) mass is 598 g/mol. The normalized spacial score (nSPS) is 18.0. The third kappa shape index (κ3) is 5.93. The van der Waals surface area contributed by atoms with Gasteiger partial charge in [-0.05, 0) is 102 Å². The van der Waals surface area contributed by atoms with Crippen LogP contribution in [0, 0.1) is 23.7 Å². The van der Waals surface area contributed by atoms with Crippen molar-refractivity contribution in [3.8, 4) is 28.7 Å². The molecule has 1 heterocycles. The summed E-state index contributed by atoms with van der Waals surface area (Å²) in [7, 11) is 0. The zero-order valence-electron chi connectivity index (χ0n) is 25.7. The zero-order chi connectivity index (χ0) is 31.0. The van der Waals surface area contributed by atoms with Gasteiger partial charge in [0.15, 0.2) is 0 Å².